The summed E-state index contributed by atoms with van der Waals surface area (Å²) in [5.41, 5.74) is 0.717. The minimum absolute atomic E-state index is 0.204. The Morgan fingerprint density at radius 2 is 1.93 bits per heavy atom. The number of amides is 2. The van der Waals surface area contributed by atoms with E-state index in [1.54, 1.807) is 11.9 Å². The lowest BCUT2D eigenvalue weighted by molar-refractivity contribution is 0.222. The molecule has 8 heteroatoms. The number of rotatable bonds is 7. The zero-order valence-corrected chi connectivity index (χ0v) is 16.3. The van der Waals surface area contributed by atoms with Crippen molar-refractivity contribution in [3.05, 3.63) is 70.8 Å². The molecule has 0 spiro atoms. The van der Waals surface area contributed by atoms with Gasteiger partial charge in [-0.15, -0.1) is 0 Å². The van der Waals surface area contributed by atoms with Crippen molar-refractivity contribution >= 4 is 27.6 Å². The average molecular weight is 431 g/mol. The first-order valence-electron chi connectivity index (χ1n) is 8.38. The van der Waals surface area contributed by atoms with Crippen LogP contribution >= 0.6 is 15.9 Å². The zero-order valence-electron chi connectivity index (χ0n) is 14.8. The fourth-order valence-corrected chi connectivity index (χ4v) is 2.64. The van der Waals surface area contributed by atoms with Gasteiger partial charge >= 0.3 is 6.03 Å². The van der Waals surface area contributed by atoms with Crippen LogP contribution in [-0.4, -0.2) is 34.7 Å². The van der Waals surface area contributed by atoms with Gasteiger partial charge < -0.3 is 19.5 Å². The number of carbonyl (C=O) groups excluding carboxylic acids is 1. The Balaban J connectivity index is 1.46. The van der Waals surface area contributed by atoms with Crippen LogP contribution in [0.4, 0.5) is 10.5 Å². The second kappa shape index (κ2) is 9.18. The summed E-state index contributed by atoms with van der Waals surface area (Å²) in [7, 11) is 1.71. The molecule has 0 saturated heterocycles. The number of para-hydroxylation sites is 2. The molecular formula is C19H19BrN4O3. The van der Waals surface area contributed by atoms with E-state index in [9.17, 15) is 4.79 Å². The second-order valence-corrected chi connectivity index (χ2v) is 6.64. The largest absolute Gasteiger partial charge is 0.484 e. The molecule has 3 aromatic rings. The van der Waals surface area contributed by atoms with E-state index in [4.69, 9.17) is 9.26 Å². The Hall–Kier alpha value is -2.87. The third kappa shape index (κ3) is 5.55. The molecule has 0 aliphatic carbocycles. The maximum absolute atomic E-state index is 12.3. The molecule has 2 amide bonds. The lowest BCUT2D eigenvalue weighted by Gasteiger charge is -2.17. The molecular weight excluding hydrogens is 412 g/mol. The number of hydrogen-bond acceptors (Lipinski definition) is 5. The van der Waals surface area contributed by atoms with Crippen LogP contribution in [0.15, 0.2) is 63.6 Å². The van der Waals surface area contributed by atoms with Crippen molar-refractivity contribution < 1.29 is 14.1 Å². The van der Waals surface area contributed by atoms with E-state index in [1.165, 1.54) is 0 Å². The number of urea groups is 1. The standard InChI is InChI=1S/C19H19BrN4O3/c1-24(19(25)21-16-10-6-5-9-15(16)20)12-11-17-22-18(27-23-17)13-26-14-7-3-2-4-8-14/h2-10H,11-13H2,1H3,(H,21,25). The van der Waals surface area contributed by atoms with Crippen LogP contribution in [0.2, 0.25) is 0 Å². The van der Waals surface area contributed by atoms with Gasteiger partial charge in [-0.2, -0.15) is 4.98 Å². The average Bonchev–Trinajstić information content (AvgIpc) is 3.15. The minimum atomic E-state index is -0.210. The van der Waals surface area contributed by atoms with Gasteiger partial charge in [0.25, 0.3) is 5.89 Å². The van der Waals surface area contributed by atoms with Gasteiger partial charge in [0.15, 0.2) is 12.4 Å². The van der Waals surface area contributed by atoms with Gasteiger partial charge in [0, 0.05) is 24.5 Å². The van der Waals surface area contributed by atoms with E-state index in [2.05, 4.69) is 31.4 Å². The van der Waals surface area contributed by atoms with Crippen LogP contribution in [-0.2, 0) is 13.0 Å². The lowest BCUT2D eigenvalue weighted by Crippen LogP contribution is -2.33. The second-order valence-electron chi connectivity index (χ2n) is 5.79. The number of carbonyl (C=O) groups is 1. The van der Waals surface area contributed by atoms with E-state index in [0.717, 1.165) is 10.2 Å². The summed E-state index contributed by atoms with van der Waals surface area (Å²) in [6.07, 6.45) is 0.481. The number of nitrogens with zero attached hydrogens (tertiary/aromatic N) is 3. The molecule has 0 radical (unpaired) electrons. The van der Waals surface area contributed by atoms with Crippen LogP contribution < -0.4 is 10.1 Å². The van der Waals surface area contributed by atoms with Crippen molar-refractivity contribution in [2.45, 2.75) is 13.0 Å². The molecule has 140 valence electrons. The number of ether oxygens (including phenoxy) is 1. The summed E-state index contributed by atoms with van der Waals surface area (Å²) in [4.78, 5) is 18.1. The molecule has 0 aliphatic rings. The first-order valence-corrected chi connectivity index (χ1v) is 9.17. The summed E-state index contributed by atoms with van der Waals surface area (Å²) in [5.74, 6) is 1.66. The fraction of sp³-hybridized carbons (Fsp3) is 0.211. The quantitative estimate of drug-likeness (QED) is 0.609. The molecule has 0 bridgehead atoms. The van der Waals surface area contributed by atoms with Gasteiger partial charge in [-0.05, 0) is 40.2 Å². The maximum Gasteiger partial charge on any atom is 0.321 e. The summed E-state index contributed by atoms with van der Waals surface area (Å²) < 4.78 is 11.6. The number of anilines is 1. The normalized spacial score (nSPS) is 10.4. The SMILES string of the molecule is CN(CCc1noc(COc2ccccc2)n1)C(=O)Nc1ccccc1Br. The number of halogens is 1. The Labute approximate surface area is 165 Å². The van der Waals surface area contributed by atoms with Crippen LogP contribution in [0.3, 0.4) is 0 Å². The first-order chi connectivity index (χ1) is 13.1. The minimum Gasteiger partial charge on any atom is -0.484 e. The third-order valence-corrected chi connectivity index (χ3v) is 4.44. The summed E-state index contributed by atoms with van der Waals surface area (Å²) in [6.45, 7) is 0.657. The molecule has 0 unspecified atom stereocenters. The van der Waals surface area contributed by atoms with Gasteiger partial charge in [-0.3, -0.25) is 0 Å². The highest BCUT2D eigenvalue weighted by Crippen LogP contribution is 2.21. The molecule has 1 heterocycles. The molecule has 27 heavy (non-hydrogen) atoms. The van der Waals surface area contributed by atoms with Crippen molar-refractivity contribution in [3.8, 4) is 5.75 Å². The molecule has 7 nitrogen and oxygen atoms in total. The van der Waals surface area contributed by atoms with Crippen molar-refractivity contribution in [2.75, 3.05) is 18.9 Å². The monoisotopic (exact) mass is 430 g/mol. The summed E-state index contributed by atoms with van der Waals surface area (Å²) in [6, 6.07) is 16.7. The van der Waals surface area contributed by atoms with Crippen LogP contribution in [0.5, 0.6) is 5.75 Å². The molecule has 1 N–H and O–H groups in total. The number of aromatic nitrogens is 2. The Kier molecular flexibility index (Phi) is 6.43. The molecule has 2 aromatic carbocycles. The van der Waals surface area contributed by atoms with Gasteiger partial charge in [-0.25, -0.2) is 4.79 Å². The van der Waals surface area contributed by atoms with Gasteiger partial charge in [-0.1, -0.05) is 35.5 Å². The van der Waals surface area contributed by atoms with Gasteiger partial charge in [0.1, 0.15) is 5.75 Å². The van der Waals surface area contributed by atoms with Gasteiger partial charge in [0.2, 0.25) is 0 Å². The topological polar surface area (TPSA) is 80.5 Å². The van der Waals surface area contributed by atoms with Crippen molar-refractivity contribution in [3.63, 3.8) is 0 Å². The number of nitrogens with one attached hydrogen (secondary N) is 1. The van der Waals surface area contributed by atoms with Crippen molar-refractivity contribution in [2.24, 2.45) is 0 Å². The maximum atomic E-state index is 12.3. The molecule has 3 rings (SSSR count). The van der Waals surface area contributed by atoms with E-state index in [0.29, 0.717) is 30.4 Å². The zero-order chi connectivity index (χ0) is 19.1. The third-order valence-electron chi connectivity index (χ3n) is 3.75. The highest BCUT2D eigenvalue weighted by molar-refractivity contribution is 9.10. The first kappa shape index (κ1) is 18.9. The lowest BCUT2D eigenvalue weighted by atomic mass is 10.3. The highest BCUT2D eigenvalue weighted by Gasteiger charge is 2.13. The van der Waals surface area contributed by atoms with Crippen LogP contribution in [0.25, 0.3) is 0 Å². The fourth-order valence-electron chi connectivity index (χ4n) is 2.25. The molecule has 1 aromatic heterocycles. The highest BCUT2D eigenvalue weighted by atomic mass is 79.9. The Bertz CT molecular complexity index is 885. The van der Waals surface area contributed by atoms with Gasteiger partial charge in [0.05, 0.1) is 5.69 Å². The predicted octanol–water partition coefficient (Wildman–Crippen LogP) is 4.12. The van der Waals surface area contributed by atoms with E-state index in [1.807, 2.05) is 54.6 Å². The van der Waals surface area contributed by atoms with Crippen LogP contribution in [0.1, 0.15) is 11.7 Å². The summed E-state index contributed by atoms with van der Waals surface area (Å²) in [5, 5.41) is 6.77. The number of likely N-dealkylation sites (N-methyl/N-ethyl adjacent to an activating group) is 1. The molecule has 0 atom stereocenters. The van der Waals surface area contributed by atoms with Crippen molar-refractivity contribution in [1.29, 1.82) is 0 Å². The summed E-state index contributed by atoms with van der Waals surface area (Å²) >= 11 is 3.41. The number of benzene rings is 2. The van der Waals surface area contributed by atoms with E-state index >= 15 is 0 Å². The van der Waals surface area contributed by atoms with E-state index < -0.39 is 0 Å². The van der Waals surface area contributed by atoms with E-state index in [-0.39, 0.29) is 12.6 Å². The molecule has 0 fully saturated rings. The number of hydrogen-bond donors (Lipinski definition) is 1. The predicted molar refractivity (Wildman–Crippen MR) is 105 cm³/mol. The molecule has 0 aliphatic heterocycles. The molecule has 0 saturated carbocycles. The van der Waals surface area contributed by atoms with Crippen molar-refractivity contribution in [1.82, 2.24) is 15.0 Å². The Morgan fingerprint density at radius 1 is 1.19 bits per heavy atom. The van der Waals surface area contributed by atoms with Crippen LogP contribution in [0, 0.1) is 0 Å². The Morgan fingerprint density at radius 3 is 2.70 bits per heavy atom. The smallest absolute Gasteiger partial charge is 0.321 e.